The smallest absolute Gasteiger partial charge is 0.126 e. The van der Waals surface area contributed by atoms with Gasteiger partial charge in [0.15, 0.2) is 0 Å². The topological polar surface area (TPSA) is 47.7 Å². The van der Waals surface area contributed by atoms with Gasteiger partial charge in [-0.05, 0) is 43.5 Å². The van der Waals surface area contributed by atoms with Gasteiger partial charge in [-0.3, -0.25) is 0 Å². The number of halogens is 1. The van der Waals surface area contributed by atoms with Gasteiger partial charge in [0.1, 0.15) is 5.82 Å². The Morgan fingerprint density at radius 2 is 1.86 bits per heavy atom. The Kier molecular flexibility index (Phi) is 7.64. The standard InChI is InChI=1S/C16H27FN2O2/c1-12-10-16(14(13(2)18)11-15(12)17)19(7-9-21-4)6-5-8-20-3/h10-11,13H,5-9,18H2,1-4H3. The molecule has 1 aromatic carbocycles. The fraction of sp³-hybridized carbons (Fsp3) is 0.625. The summed E-state index contributed by atoms with van der Waals surface area (Å²) in [6.45, 7) is 6.51. The van der Waals surface area contributed by atoms with Gasteiger partial charge in [0, 0.05) is 45.6 Å². The van der Waals surface area contributed by atoms with E-state index >= 15 is 0 Å². The second kappa shape index (κ2) is 8.97. The monoisotopic (exact) mass is 298 g/mol. The summed E-state index contributed by atoms with van der Waals surface area (Å²) in [5.74, 6) is -0.213. The first kappa shape index (κ1) is 17.9. The molecule has 0 radical (unpaired) electrons. The SMILES string of the molecule is COCCCN(CCOC)c1cc(C)c(F)cc1C(C)N. The maximum absolute atomic E-state index is 13.8. The normalized spacial score (nSPS) is 12.5. The van der Waals surface area contributed by atoms with Crippen LogP contribution in [0.1, 0.15) is 30.5 Å². The molecule has 0 aliphatic rings. The zero-order chi connectivity index (χ0) is 15.8. The van der Waals surface area contributed by atoms with Gasteiger partial charge in [0.05, 0.1) is 6.61 Å². The molecule has 1 atom stereocenters. The van der Waals surface area contributed by atoms with Crippen molar-refractivity contribution in [2.45, 2.75) is 26.3 Å². The zero-order valence-corrected chi connectivity index (χ0v) is 13.5. The molecule has 0 aliphatic heterocycles. The van der Waals surface area contributed by atoms with Gasteiger partial charge in [0.2, 0.25) is 0 Å². The summed E-state index contributed by atoms with van der Waals surface area (Å²) < 4.78 is 24.1. The second-order valence-corrected chi connectivity index (χ2v) is 5.28. The summed E-state index contributed by atoms with van der Waals surface area (Å²) in [5.41, 5.74) is 8.44. The summed E-state index contributed by atoms with van der Waals surface area (Å²) in [7, 11) is 3.37. The highest BCUT2D eigenvalue weighted by atomic mass is 19.1. The lowest BCUT2D eigenvalue weighted by Gasteiger charge is -2.28. The summed E-state index contributed by atoms with van der Waals surface area (Å²) in [4.78, 5) is 2.19. The molecule has 1 rings (SSSR count). The van der Waals surface area contributed by atoms with E-state index in [0.717, 1.165) is 30.8 Å². The third-order valence-electron chi connectivity index (χ3n) is 3.48. The average molecular weight is 298 g/mol. The fourth-order valence-corrected chi connectivity index (χ4v) is 2.27. The first-order valence-electron chi connectivity index (χ1n) is 7.29. The quantitative estimate of drug-likeness (QED) is 0.712. The van der Waals surface area contributed by atoms with Crippen molar-refractivity contribution in [1.29, 1.82) is 0 Å². The van der Waals surface area contributed by atoms with Gasteiger partial charge in [-0.2, -0.15) is 0 Å². The highest BCUT2D eigenvalue weighted by molar-refractivity contribution is 5.57. The van der Waals surface area contributed by atoms with Gasteiger partial charge in [0.25, 0.3) is 0 Å². The summed E-state index contributed by atoms with van der Waals surface area (Å²) >= 11 is 0. The molecular weight excluding hydrogens is 271 g/mol. The number of benzene rings is 1. The Bertz CT molecular complexity index is 439. The van der Waals surface area contributed by atoms with Crippen LogP contribution in [0.25, 0.3) is 0 Å². The predicted molar refractivity (Wildman–Crippen MR) is 84.3 cm³/mol. The molecule has 120 valence electrons. The Hall–Kier alpha value is -1.17. The van der Waals surface area contributed by atoms with E-state index in [2.05, 4.69) is 4.90 Å². The van der Waals surface area contributed by atoms with Crippen molar-refractivity contribution in [3.8, 4) is 0 Å². The number of nitrogens with zero attached hydrogens (tertiary/aromatic N) is 1. The Morgan fingerprint density at radius 1 is 1.19 bits per heavy atom. The number of nitrogens with two attached hydrogens (primary N) is 1. The number of hydrogen-bond acceptors (Lipinski definition) is 4. The molecule has 2 N–H and O–H groups in total. The van der Waals surface area contributed by atoms with Crippen molar-refractivity contribution >= 4 is 5.69 Å². The number of methoxy groups -OCH3 is 2. The first-order chi connectivity index (χ1) is 10.0. The van der Waals surface area contributed by atoms with E-state index in [1.165, 1.54) is 0 Å². The maximum Gasteiger partial charge on any atom is 0.126 e. The minimum atomic E-state index is -0.220. The van der Waals surface area contributed by atoms with Gasteiger partial charge in [-0.1, -0.05) is 0 Å². The van der Waals surface area contributed by atoms with E-state index in [4.69, 9.17) is 15.2 Å². The number of ether oxygens (including phenoxy) is 2. The summed E-state index contributed by atoms with van der Waals surface area (Å²) in [6, 6.07) is 3.20. The number of anilines is 1. The van der Waals surface area contributed by atoms with E-state index in [9.17, 15) is 4.39 Å². The highest BCUT2D eigenvalue weighted by Crippen LogP contribution is 2.28. The number of hydrogen-bond donors (Lipinski definition) is 1. The van der Waals surface area contributed by atoms with Crippen molar-refractivity contribution < 1.29 is 13.9 Å². The van der Waals surface area contributed by atoms with Crippen molar-refractivity contribution in [2.24, 2.45) is 5.73 Å². The molecule has 0 spiro atoms. The van der Waals surface area contributed by atoms with Crippen LogP contribution in [0.15, 0.2) is 12.1 Å². The van der Waals surface area contributed by atoms with Crippen LogP contribution >= 0.6 is 0 Å². The Labute approximate surface area is 127 Å². The molecule has 0 amide bonds. The van der Waals surface area contributed by atoms with Crippen molar-refractivity contribution in [3.63, 3.8) is 0 Å². The summed E-state index contributed by atoms with van der Waals surface area (Å²) in [5, 5.41) is 0. The molecule has 0 saturated heterocycles. The van der Waals surface area contributed by atoms with E-state index in [1.54, 1.807) is 27.2 Å². The summed E-state index contributed by atoms with van der Waals surface area (Å²) in [6.07, 6.45) is 0.898. The lowest BCUT2D eigenvalue weighted by molar-refractivity contribution is 0.191. The number of aryl methyl sites for hydroxylation is 1. The van der Waals surface area contributed by atoms with Crippen LogP contribution in [0.5, 0.6) is 0 Å². The van der Waals surface area contributed by atoms with Crippen LogP contribution in [-0.2, 0) is 9.47 Å². The van der Waals surface area contributed by atoms with Gasteiger partial charge < -0.3 is 20.1 Å². The fourth-order valence-electron chi connectivity index (χ4n) is 2.27. The van der Waals surface area contributed by atoms with Crippen molar-refractivity contribution in [2.75, 3.05) is 45.4 Å². The van der Waals surface area contributed by atoms with Gasteiger partial charge >= 0.3 is 0 Å². The third kappa shape index (κ3) is 5.26. The van der Waals surface area contributed by atoms with E-state index in [-0.39, 0.29) is 11.9 Å². The second-order valence-electron chi connectivity index (χ2n) is 5.28. The van der Waals surface area contributed by atoms with E-state index in [0.29, 0.717) is 18.8 Å². The molecule has 4 nitrogen and oxygen atoms in total. The largest absolute Gasteiger partial charge is 0.385 e. The zero-order valence-electron chi connectivity index (χ0n) is 13.5. The van der Waals surface area contributed by atoms with Crippen LogP contribution in [0.4, 0.5) is 10.1 Å². The third-order valence-corrected chi connectivity index (χ3v) is 3.48. The maximum atomic E-state index is 13.8. The first-order valence-corrected chi connectivity index (χ1v) is 7.29. The molecule has 5 heteroatoms. The minimum Gasteiger partial charge on any atom is -0.385 e. The van der Waals surface area contributed by atoms with Crippen LogP contribution in [-0.4, -0.2) is 40.5 Å². The molecule has 0 bridgehead atoms. The van der Waals surface area contributed by atoms with Crippen LogP contribution in [0.3, 0.4) is 0 Å². The van der Waals surface area contributed by atoms with Crippen LogP contribution in [0.2, 0.25) is 0 Å². The van der Waals surface area contributed by atoms with E-state index < -0.39 is 0 Å². The average Bonchev–Trinajstić information content (AvgIpc) is 2.45. The molecule has 1 aromatic rings. The van der Waals surface area contributed by atoms with Crippen molar-refractivity contribution in [1.82, 2.24) is 0 Å². The Morgan fingerprint density at radius 3 is 2.43 bits per heavy atom. The van der Waals surface area contributed by atoms with E-state index in [1.807, 2.05) is 13.0 Å². The lowest BCUT2D eigenvalue weighted by Crippen LogP contribution is -2.31. The lowest BCUT2D eigenvalue weighted by atomic mass is 10.0. The Balaban J connectivity index is 3.05. The molecule has 0 aliphatic carbocycles. The predicted octanol–water partition coefficient (Wildman–Crippen LogP) is 2.64. The molecule has 0 saturated carbocycles. The highest BCUT2D eigenvalue weighted by Gasteiger charge is 2.16. The number of rotatable bonds is 9. The molecule has 0 fully saturated rings. The van der Waals surface area contributed by atoms with Crippen LogP contribution < -0.4 is 10.6 Å². The molecule has 1 unspecified atom stereocenters. The molecule has 21 heavy (non-hydrogen) atoms. The molecule has 0 heterocycles. The molecular formula is C16H27FN2O2. The van der Waals surface area contributed by atoms with Crippen LogP contribution in [0, 0.1) is 12.7 Å². The minimum absolute atomic E-state index is 0.213. The van der Waals surface area contributed by atoms with Gasteiger partial charge in [-0.25, -0.2) is 4.39 Å². The van der Waals surface area contributed by atoms with Gasteiger partial charge in [-0.15, -0.1) is 0 Å². The van der Waals surface area contributed by atoms with Crippen molar-refractivity contribution in [3.05, 3.63) is 29.1 Å². The molecule has 0 aromatic heterocycles.